The number of thiazole rings is 1. The lowest BCUT2D eigenvalue weighted by Gasteiger charge is -2.18. The summed E-state index contributed by atoms with van der Waals surface area (Å²) in [7, 11) is 0. The number of ether oxygens (including phenoxy) is 2. The second kappa shape index (κ2) is 7.92. The second-order valence-electron chi connectivity index (χ2n) is 6.51. The number of aromatic nitrogens is 3. The molecule has 2 aromatic carbocycles. The zero-order valence-electron chi connectivity index (χ0n) is 15.7. The van der Waals surface area contributed by atoms with Crippen molar-refractivity contribution in [2.24, 2.45) is 0 Å². The summed E-state index contributed by atoms with van der Waals surface area (Å²) in [6.07, 6.45) is 3.03. The molecule has 1 aliphatic heterocycles. The number of anilines is 1. The number of hydrogen-bond donors (Lipinski definition) is 1. The Labute approximate surface area is 176 Å². The Bertz CT molecular complexity index is 1190. The second-order valence-corrected chi connectivity index (χ2v) is 7.37. The minimum absolute atomic E-state index is 0.308. The first-order chi connectivity index (χ1) is 14.8. The lowest BCUT2D eigenvalue weighted by molar-refractivity contribution is 0.102. The van der Waals surface area contributed by atoms with Crippen LogP contribution in [0.25, 0.3) is 22.6 Å². The van der Waals surface area contributed by atoms with Crippen molar-refractivity contribution >= 4 is 22.4 Å². The van der Waals surface area contributed by atoms with Gasteiger partial charge in [-0.15, -0.1) is 11.3 Å². The molecule has 30 heavy (non-hydrogen) atoms. The van der Waals surface area contributed by atoms with E-state index in [2.05, 4.69) is 20.3 Å². The van der Waals surface area contributed by atoms with E-state index in [0.717, 1.165) is 22.6 Å². The fourth-order valence-electron chi connectivity index (χ4n) is 3.02. The van der Waals surface area contributed by atoms with Crippen LogP contribution in [0.5, 0.6) is 11.5 Å². The normalized spacial score (nSPS) is 12.4. The highest BCUT2D eigenvalue weighted by Gasteiger charge is 2.15. The Morgan fingerprint density at radius 3 is 2.50 bits per heavy atom. The van der Waals surface area contributed by atoms with E-state index in [4.69, 9.17) is 9.47 Å². The molecule has 8 heteroatoms. The van der Waals surface area contributed by atoms with Gasteiger partial charge in [0.05, 0.1) is 11.3 Å². The largest absolute Gasteiger partial charge is 0.486 e. The Morgan fingerprint density at radius 2 is 1.70 bits per heavy atom. The van der Waals surface area contributed by atoms with E-state index in [-0.39, 0.29) is 5.91 Å². The minimum atomic E-state index is -0.308. The molecule has 0 saturated heterocycles. The van der Waals surface area contributed by atoms with Crippen molar-refractivity contribution in [1.29, 1.82) is 0 Å². The van der Waals surface area contributed by atoms with Gasteiger partial charge in [-0.2, -0.15) is 0 Å². The fourth-order valence-corrected chi connectivity index (χ4v) is 3.73. The van der Waals surface area contributed by atoms with Crippen LogP contribution in [-0.4, -0.2) is 34.1 Å². The molecule has 1 amide bonds. The molecule has 0 bridgehead atoms. The third-order valence-corrected chi connectivity index (χ3v) is 5.27. The van der Waals surface area contributed by atoms with Gasteiger partial charge in [0.15, 0.2) is 22.5 Å². The van der Waals surface area contributed by atoms with Gasteiger partial charge in [-0.05, 0) is 18.2 Å². The number of hydrogen-bond acceptors (Lipinski definition) is 7. The maximum absolute atomic E-state index is 12.5. The monoisotopic (exact) mass is 416 g/mol. The van der Waals surface area contributed by atoms with Gasteiger partial charge >= 0.3 is 0 Å². The molecule has 2 aromatic heterocycles. The Balaban J connectivity index is 1.30. The number of nitrogens with zero attached hydrogens (tertiary/aromatic N) is 3. The van der Waals surface area contributed by atoms with E-state index in [1.54, 1.807) is 0 Å². The molecule has 0 unspecified atom stereocenters. The lowest BCUT2D eigenvalue weighted by atomic mass is 10.1. The first-order valence-electron chi connectivity index (χ1n) is 9.31. The van der Waals surface area contributed by atoms with Crippen LogP contribution in [0, 0.1) is 0 Å². The van der Waals surface area contributed by atoms with Crippen LogP contribution < -0.4 is 14.8 Å². The summed E-state index contributed by atoms with van der Waals surface area (Å²) in [6, 6.07) is 15.3. The van der Waals surface area contributed by atoms with Crippen LogP contribution in [0.15, 0.2) is 66.3 Å². The van der Waals surface area contributed by atoms with Gasteiger partial charge in [0, 0.05) is 28.9 Å². The molecule has 0 aliphatic carbocycles. The van der Waals surface area contributed by atoms with Crippen molar-refractivity contribution in [2.75, 3.05) is 18.5 Å². The van der Waals surface area contributed by atoms with Gasteiger partial charge in [-0.3, -0.25) is 10.1 Å². The average Bonchev–Trinajstić information content (AvgIpc) is 3.28. The maximum atomic E-state index is 12.5. The lowest BCUT2D eigenvalue weighted by Crippen LogP contribution is -2.15. The first kappa shape index (κ1) is 18.3. The number of fused-ring (bicyclic) bond motifs is 1. The number of rotatable bonds is 4. The van der Waals surface area contributed by atoms with Crippen molar-refractivity contribution in [2.45, 2.75) is 0 Å². The highest BCUT2D eigenvalue weighted by Crippen LogP contribution is 2.35. The van der Waals surface area contributed by atoms with E-state index in [1.165, 1.54) is 23.7 Å². The Morgan fingerprint density at radius 1 is 0.933 bits per heavy atom. The summed E-state index contributed by atoms with van der Waals surface area (Å²) >= 11 is 1.35. The topological polar surface area (TPSA) is 86.2 Å². The van der Waals surface area contributed by atoms with Crippen LogP contribution >= 0.6 is 11.3 Å². The number of nitrogens with one attached hydrogen (secondary N) is 1. The van der Waals surface area contributed by atoms with Crippen molar-refractivity contribution in [3.63, 3.8) is 0 Å². The standard InChI is InChI=1S/C22H16N4O3S/c27-21(16-11-23-20(24-12-16)14-4-2-1-3-5-14)26-22-25-17(13-30-22)15-6-7-18-19(10-15)29-9-8-28-18/h1-7,10-13H,8-9H2,(H,25,26,27). The molecule has 3 heterocycles. The van der Waals surface area contributed by atoms with Crippen molar-refractivity contribution < 1.29 is 14.3 Å². The van der Waals surface area contributed by atoms with Crippen LogP contribution in [0.2, 0.25) is 0 Å². The average molecular weight is 416 g/mol. The summed E-state index contributed by atoms with van der Waals surface area (Å²) in [5, 5.41) is 5.18. The quantitative estimate of drug-likeness (QED) is 0.534. The van der Waals surface area contributed by atoms with Gasteiger partial charge in [0.2, 0.25) is 0 Å². The van der Waals surface area contributed by atoms with Crippen LogP contribution in [0.1, 0.15) is 10.4 Å². The van der Waals surface area contributed by atoms with E-state index < -0.39 is 0 Å². The summed E-state index contributed by atoms with van der Waals surface area (Å²) in [5.41, 5.74) is 2.91. The molecule has 0 radical (unpaired) electrons. The molecule has 0 spiro atoms. The molecule has 1 N–H and O–H groups in total. The van der Waals surface area contributed by atoms with E-state index >= 15 is 0 Å². The van der Waals surface area contributed by atoms with Crippen LogP contribution in [-0.2, 0) is 0 Å². The summed E-state index contributed by atoms with van der Waals surface area (Å²) in [6.45, 7) is 1.08. The summed E-state index contributed by atoms with van der Waals surface area (Å²) in [5.74, 6) is 1.70. The third kappa shape index (κ3) is 3.72. The highest BCUT2D eigenvalue weighted by atomic mass is 32.1. The van der Waals surface area contributed by atoms with Crippen LogP contribution in [0.3, 0.4) is 0 Å². The summed E-state index contributed by atoms with van der Waals surface area (Å²) < 4.78 is 11.2. The van der Waals surface area contributed by atoms with Crippen molar-refractivity contribution in [1.82, 2.24) is 15.0 Å². The van der Waals surface area contributed by atoms with E-state index in [9.17, 15) is 4.79 Å². The molecule has 148 valence electrons. The number of carbonyl (C=O) groups excluding carboxylic acids is 1. The van der Waals surface area contributed by atoms with Gasteiger partial charge in [0.25, 0.3) is 5.91 Å². The van der Waals surface area contributed by atoms with Gasteiger partial charge < -0.3 is 9.47 Å². The minimum Gasteiger partial charge on any atom is -0.486 e. The molecular formula is C22H16N4O3S. The highest BCUT2D eigenvalue weighted by molar-refractivity contribution is 7.14. The zero-order valence-corrected chi connectivity index (χ0v) is 16.6. The SMILES string of the molecule is O=C(Nc1nc(-c2ccc3c(c2)OCCO3)cs1)c1cnc(-c2ccccc2)nc1. The smallest absolute Gasteiger partial charge is 0.260 e. The Hall–Kier alpha value is -3.78. The first-order valence-corrected chi connectivity index (χ1v) is 10.2. The van der Waals surface area contributed by atoms with E-state index in [1.807, 2.05) is 53.9 Å². The van der Waals surface area contributed by atoms with Crippen LogP contribution in [0.4, 0.5) is 5.13 Å². The third-order valence-electron chi connectivity index (χ3n) is 4.51. The summed E-state index contributed by atoms with van der Waals surface area (Å²) in [4.78, 5) is 25.6. The number of amides is 1. The molecule has 7 nitrogen and oxygen atoms in total. The molecule has 0 saturated carbocycles. The van der Waals surface area contributed by atoms with Gasteiger partial charge in [-0.1, -0.05) is 30.3 Å². The molecular weight excluding hydrogens is 400 g/mol. The van der Waals surface area contributed by atoms with Gasteiger partial charge in [-0.25, -0.2) is 15.0 Å². The molecule has 0 fully saturated rings. The zero-order chi connectivity index (χ0) is 20.3. The molecule has 0 atom stereocenters. The number of benzene rings is 2. The van der Waals surface area contributed by atoms with Gasteiger partial charge in [0.1, 0.15) is 13.2 Å². The Kier molecular flexibility index (Phi) is 4.82. The number of carbonyl (C=O) groups is 1. The maximum Gasteiger partial charge on any atom is 0.260 e. The van der Waals surface area contributed by atoms with E-state index in [0.29, 0.717) is 35.5 Å². The predicted octanol–water partition coefficient (Wildman–Crippen LogP) is 4.29. The fraction of sp³-hybridized carbons (Fsp3) is 0.0909. The van der Waals surface area contributed by atoms with Crippen molar-refractivity contribution in [3.8, 4) is 34.1 Å². The molecule has 5 rings (SSSR count). The van der Waals surface area contributed by atoms with Crippen molar-refractivity contribution in [3.05, 3.63) is 71.9 Å². The molecule has 1 aliphatic rings. The molecule has 4 aromatic rings. The predicted molar refractivity (Wildman–Crippen MR) is 114 cm³/mol.